The molecular weight excluding hydrogens is 606 g/mol. The van der Waals surface area contributed by atoms with Crippen LogP contribution in [0, 0.1) is 3.57 Å². The first-order chi connectivity index (χ1) is 14.7. The first-order valence-electron chi connectivity index (χ1n) is 8.57. The monoisotopic (exact) mass is 618 g/mol. The van der Waals surface area contributed by atoms with Gasteiger partial charge in [-0.25, -0.2) is 14.5 Å². The molecule has 31 heavy (non-hydrogen) atoms. The van der Waals surface area contributed by atoms with E-state index in [0.29, 0.717) is 24.4 Å². The van der Waals surface area contributed by atoms with Crippen LogP contribution < -0.4 is 15.0 Å². The maximum atomic E-state index is 12.9. The van der Waals surface area contributed by atoms with Crippen LogP contribution in [0.25, 0.3) is 6.08 Å². The van der Waals surface area contributed by atoms with Crippen LogP contribution in [0.4, 0.5) is 10.5 Å². The van der Waals surface area contributed by atoms with Crippen molar-refractivity contribution in [3.63, 3.8) is 0 Å². The van der Waals surface area contributed by atoms with Gasteiger partial charge in [0.1, 0.15) is 11.3 Å². The lowest BCUT2D eigenvalue weighted by atomic mass is 10.1. The van der Waals surface area contributed by atoms with Crippen LogP contribution in [0.2, 0.25) is 5.02 Å². The fourth-order valence-electron chi connectivity index (χ4n) is 2.64. The van der Waals surface area contributed by atoms with Crippen molar-refractivity contribution in [3.8, 4) is 5.75 Å². The number of hydrogen-bond acceptors (Lipinski definition) is 6. The lowest BCUT2D eigenvalue weighted by Gasteiger charge is -2.26. The summed E-state index contributed by atoms with van der Waals surface area (Å²) in [6.45, 7) is -0.273. The molecule has 1 aliphatic rings. The van der Waals surface area contributed by atoms with Crippen molar-refractivity contribution in [1.82, 2.24) is 5.32 Å². The quantitative estimate of drug-likeness (QED) is 0.236. The predicted molar refractivity (Wildman–Crippen MR) is 125 cm³/mol. The number of methoxy groups -OCH3 is 1. The molecule has 1 heterocycles. The average molecular weight is 620 g/mol. The van der Waals surface area contributed by atoms with Crippen molar-refractivity contribution in [2.45, 2.75) is 0 Å². The van der Waals surface area contributed by atoms with Crippen molar-refractivity contribution in [3.05, 3.63) is 60.6 Å². The predicted octanol–water partition coefficient (Wildman–Crippen LogP) is 3.93. The van der Waals surface area contributed by atoms with Gasteiger partial charge >= 0.3 is 12.0 Å². The lowest BCUT2D eigenvalue weighted by Crippen LogP contribution is -2.54. The van der Waals surface area contributed by atoms with E-state index in [4.69, 9.17) is 16.3 Å². The van der Waals surface area contributed by atoms with E-state index in [1.54, 1.807) is 12.1 Å². The molecular formula is C20H13BrClIN2O6. The average Bonchev–Trinajstić information content (AvgIpc) is 2.71. The molecule has 160 valence electrons. The van der Waals surface area contributed by atoms with Crippen LogP contribution in [0.1, 0.15) is 5.56 Å². The molecule has 1 saturated heterocycles. The zero-order chi connectivity index (χ0) is 22.7. The number of nitrogens with zero attached hydrogens (tertiary/aromatic N) is 1. The van der Waals surface area contributed by atoms with Crippen LogP contribution in [-0.4, -0.2) is 37.5 Å². The molecule has 0 spiro atoms. The summed E-state index contributed by atoms with van der Waals surface area (Å²) >= 11 is 11.2. The molecule has 0 aromatic heterocycles. The van der Waals surface area contributed by atoms with Crippen LogP contribution in [0.5, 0.6) is 5.75 Å². The fraction of sp³-hybridized carbons (Fsp3) is 0.100. The second kappa shape index (κ2) is 9.79. The first kappa shape index (κ1) is 23.2. The normalized spacial score (nSPS) is 15.2. The van der Waals surface area contributed by atoms with Gasteiger partial charge in [-0.2, -0.15) is 0 Å². The molecule has 0 aliphatic carbocycles. The highest BCUT2D eigenvalue weighted by Gasteiger charge is 2.36. The van der Waals surface area contributed by atoms with E-state index in [2.05, 4.69) is 26.0 Å². The fourth-order valence-corrected chi connectivity index (χ4v) is 4.53. The molecule has 0 unspecified atom stereocenters. The highest BCUT2D eigenvalue weighted by Crippen LogP contribution is 2.33. The summed E-state index contributed by atoms with van der Waals surface area (Å²) in [6, 6.07) is 8.49. The van der Waals surface area contributed by atoms with E-state index in [0.717, 1.165) is 4.90 Å². The molecule has 1 aliphatic heterocycles. The summed E-state index contributed by atoms with van der Waals surface area (Å²) in [5.41, 5.74) is 0.554. The molecule has 4 amide bonds. The van der Waals surface area contributed by atoms with Gasteiger partial charge in [0.15, 0.2) is 6.61 Å². The van der Waals surface area contributed by atoms with Crippen LogP contribution in [0.3, 0.4) is 0 Å². The minimum Gasteiger partial charge on any atom is -0.480 e. The maximum Gasteiger partial charge on any atom is 0.343 e. The molecule has 3 rings (SSSR count). The van der Waals surface area contributed by atoms with Crippen molar-refractivity contribution in [2.75, 3.05) is 18.6 Å². The van der Waals surface area contributed by atoms with Gasteiger partial charge in [0.2, 0.25) is 0 Å². The Kier molecular flexibility index (Phi) is 7.34. The maximum absolute atomic E-state index is 12.9. The van der Waals surface area contributed by atoms with Crippen molar-refractivity contribution in [2.24, 2.45) is 0 Å². The summed E-state index contributed by atoms with van der Waals surface area (Å²) in [7, 11) is 1.26. The van der Waals surface area contributed by atoms with E-state index in [9.17, 15) is 19.2 Å². The number of imide groups is 2. The summed E-state index contributed by atoms with van der Waals surface area (Å²) in [5, 5.41) is 2.60. The Morgan fingerprint density at radius 1 is 1.23 bits per heavy atom. The number of anilines is 1. The number of hydrogen-bond donors (Lipinski definition) is 1. The highest BCUT2D eigenvalue weighted by molar-refractivity contribution is 14.1. The molecule has 11 heteroatoms. The Morgan fingerprint density at radius 3 is 2.52 bits per heavy atom. The third-order valence-electron chi connectivity index (χ3n) is 4.08. The zero-order valence-electron chi connectivity index (χ0n) is 15.8. The number of carbonyl (C=O) groups is 4. The molecule has 0 atom stereocenters. The summed E-state index contributed by atoms with van der Waals surface area (Å²) in [4.78, 5) is 49.7. The van der Waals surface area contributed by atoms with Gasteiger partial charge < -0.3 is 9.47 Å². The van der Waals surface area contributed by atoms with Crippen molar-refractivity contribution >= 4 is 85.7 Å². The molecule has 1 N–H and O–H groups in total. The minimum absolute atomic E-state index is 0.222. The number of ether oxygens (including phenoxy) is 2. The van der Waals surface area contributed by atoms with Crippen LogP contribution in [0.15, 0.2) is 46.4 Å². The molecule has 2 aromatic carbocycles. The molecule has 0 saturated carbocycles. The first-order valence-corrected chi connectivity index (χ1v) is 10.8. The number of nitrogens with one attached hydrogen (secondary N) is 1. The number of barbiturate groups is 1. The molecule has 0 bridgehead atoms. The topological polar surface area (TPSA) is 102 Å². The SMILES string of the molecule is COC(=O)COc1c(Br)cc(/C=C2\C(=O)NC(=O)N(c3ccc(Cl)cc3)C2=O)cc1I. The van der Waals surface area contributed by atoms with Gasteiger partial charge in [-0.05, 0) is 86.6 Å². The number of rotatable bonds is 5. The summed E-state index contributed by atoms with van der Waals surface area (Å²) in [6.07, 6.45) is 1.37. The Labute approximate surface area is 203 Å². The van der Waals surface area contributed by atoms with E-state index < -0.39 is 23.8 Å². The Morgan fingerprint density at radius 2 is 1.90 bits per heavy atom. The Hall–Kier alpha value is -2.44. The van der Waals surface area contributed by atoms with Gasteiger partial charge in [-0.3, -0.25) is 14.9 Å². The summed E-state index contributed by atoms with van der Waals surface area (Å²) in [5.74, 6) is -1.71. The van der Waals surface area contributed by atoms with Crippen molar-refractivity contribution < 1.29 is 28.7 Å². The Bertz CT molecular complexity index is 1100. The molecule has 1 fully saturated rings. The van der Waals surface area contributed by atoms with E-state index in [1.807, 2.05) is 22.6 Å². The van der Waals surface area contributed by atoms with Crippen LogP contribution in [-0.2, 0) is 19.1 Å². The summed E-state index contributed by atoms with van der Waals surface area (Å²) < 4.78 is 11.1. The van der Waals surface area contributed by atoms with Gasteiger partial charge in [-0.1, -0.05) is 11.6 Å². The number of esters is 1. The molecule has 2 aromatic rings. The number of amides is 4. The lowest BCUT2D eigenvalue weighted by molar-refractivity contribution is -0.143. The van der Waals surface area contributed by atoms with Gasteiger partial charge in [0, 0.05) is 5.02 Å². The molecule has 8 nitrogen and oxygen atoms in total. The number of benzene rings is 2. The van der Waals surface area contributed by atoms with Gasteiger partial charge in [0.25, 0.3) is 11.8 Å². The minimum atomic E-state index is -0.850. The third-order valence-corrected chi connectivity index (χ3v) is 5.72. The molecule has 0 radical (unpaired) electrons. The van der Waals surface area contributed by atoms with Gasteiger partial charge in [-0.15, -0.1) is 0 Å². The smallest absolute Gasteiger partial charge is 0.343 e. The van der Waals surface area contributed by atoms with Crippen LogP contribution >= 0.6 is 50.1 Å². The number of halogens is 3. The van der Waals surface area contributed by atoms with E-state index >= 15 is 0 Å². The standard InChI is InChI=1S/C20H13BrClIN2O6/c1-30-16(26)9-31-17-14(21)7-10(8-15(17)23)6-13-18(27)24-20(29)25(19(13)28)12-4-2-11(22)3-5-12/h2-8H,9H2,1H3,(H,24,27,29)/b13-6+. The van der Waals surface area contributed by atoms with E-state index in [-0.39, 0.29) is 17.9 Å². The van der Waals surface area contributed by atoms with Gasteiger partial charge in [0.05, 0.1) is 20.8 Å². The second-order valence-electron chi connectivity index (χ2n) is 6.11. The highest BCUT2D eigenvalue weighted by atomic mass is 127. The van der Waals surface area contributed by atoms with Crippen molar-refractivity contribution in [1.29, 1.82) is 0 Å². The third kappa shape index (κ3) is 5.25. The van der Waals surface area contributed by atoms with E-state index in [1.165, 1.54) is 37.5 Å². The Balaban J connectivity index is 1.93. The number of urea groups is 1. The zero-order valence-corrected chi connectivity index (χ0v) is 20.3. The largest absolute Gasteiger partial charge is 0.480 e. The second-order valence-corrected chi connectivity index (χ2v) is 8.57. The number of carbonyl (C=O) groups excluding carboxylic acids is 4.